The van der Waals surface area contributed by atoms with Gasteiger partial charge in [0.25, 0.3) is 0 Å². The van der Waals surface area contributed by atoms with Crippen molar-refractivity contribution < 1.29 is 0 Å². The van der Waals surface area contributed by atoms with E-state index in [0.717, 1.165) is 18.0 Å². The van der Waals surface area contributed by atoms with Crippen LogP contribution >= 0.6 is 11.8 Å². The maximum Gasteiger partial charge on any atom is 0.344 e. The van der Waals surface area contributed by atoms with Crippen molar-refractivity contribution in [2.75, 3.05) is 6.26 Å². The molecule has 0 radical (unpaired) electrons. The molecule has 0 aromatic carbocycles. The summed E-state index contributed by atoms with van der Waals surface area (Å²) in [5, 5.41) is 7.34. The predicted molar refractivity (Wildman–Crippen MR) is 56.8 cm³/mol. The molecule has 1 heterocycles. The Kier molecular flexibility index (Phi) is 2.96. The highest BCUT2D eigenvalue weighted by Gasteiger charge is 2.20. The molecular formula is C9H15N3OS. The smallest absolute Gasteiger partial charge is 0.267 e. The summed E-state index contributed by atoms with van der Waals surface area (Å²) < 4.78 is 1.82. The third kappa shape index (κ3) is 1.73. The van der Waals surface area contributed by atoms with Gasteiger partial charge in [0.15, 0.2) is 5.16 Å². The molecule has 0 atom stereocenters. The maximum atomic E-state index is 11.5. The van der Waals surface area contributed by atoms with E-state index in [4.69, 9.17) is 0 Å². The van der Waals surface area contributed by atoms with Crippen molar-refractivity contribution in [2.45, 2.75) is 43.3 Å². The molecular weight excluding hydrogens is 198 g/mol. The molecule has 4 nitrogen and oxygen atoms in total. The summed E-state index contributed by atoms with van der Waals surface area (Å²) in [4.78, 5) is 11.5. The number of rotatable bonds is 2. The van der Waals surface area contributed by atoms with E-state index < -0.39 is 0 Å². The SMILES string of the molecule is CSc1n[nH]c(=O)n1C1CCCCC1. The van der Waals surface area contributed by atoms with Crippen molar-refractivity contribution >= 4 is 11.8 Å². The second kappa shape index (κ2) is 4.21. The topological polar surface area (TPSA) is 50.7 Å². The van der Waals surface area contributed by atoms with Crippen molar-refractivity contribution in [3.8, 4) is 0 Å². The number of hydrogen-bond acceptors (Lipinski definition) is 3. The van der Waals surface area contributed by atoms with Crippen molar-refractivity contribution in [1.29, 1.82) is 0 Å². The van der Waals surface area contributed by atoms with E-state index in [-0.39, 0.29) is 5.69 Å². The van der Waals surface area contributed by atoms with Crippen LogP contribution in [0.25, 0.3) is 0 Å². The summed E-state index contributed by atoms with van der Waals surface area (Å²) in [6.07, 6.45) is 7.96. The second-order valence-electron chi connectivity index (χ2n) is 3.68. The minimum atomic E-state index is -0.0544. The van der Waals surface area contributed by atoms with Crippen LogP contribution in [0.4, 0.5) is 0 Å². The van der Waals surface area contributed by atoms with Crippen LogP contribution in [0.2, 0.25) is 0 Å². The van der Waals surface area contributed by atoms with Crippen LogP contribution in [-0.4, -0.2) is 21.0 Å². The summed E-state index contributed by atoms with van der Waals surface area (Å²) in [7, 11) is 0. The lowest BCUT2D eigenvalue weighted by Crippen LogP contribution is -2.24. The zero-order valence-electron chi connectivity index (χ0n) is 8.32. The lowest BCUT2D eigenvalue weighted by Gasteiger charge is -2.22. The molecule has 14 heavy (non-hydrogen) atoms. The number of H-pyrrole nitrogens is 1. The first-order valence-corrected chi connectivity index (χ1v) is 6.26. The summed E-state index contributed by atoms with van der Waals surface area (Å²) in [6.45, 7) is 0. The number of nitrogens with one attached hydrogen (secondary N) is 1. The number of hydrogen-bond donors (Lipinski definition) is 1. The highest BCUT2D eigenvalue weighted by atomic mass is 32.2. The van der Waals surface area contributed by atoms with Gasteiger partial charge in [-0.2, -0.15) is 0 Å². The fraction of sp³-hybridized carbons (Fsp3) is 0.778. The average molecular weight is 213 g/mol. The third-order valence-corrected chi connectivity index (χ3v) is 3.45. The quantitative estimate of drug-likeness (QED) is 0.762. The number of aromatic amines is 1. The molecule has 0 amide bonds. The van der Waals surface area contributed by atoms with Gasteiger partial charge in [0, 0.05) is 6.04 Å². The van der Waals surface area contributed by atoms with Crippen molar-refractivity contribution in [3.63, 3.8) is 0 Å². The molecule has 1 aromatic heterocycles. The molecule has 1 N–H and O–H groups in total. The van der Waals surface area contributed by atoms with Crippen LogP contribution in [0.3, 0.4) is 0 Å². The molecule has 0 unspecified atom stereocenters. The first kappa shape index (κ1) is 9.83. The Hall–Kier alpha value is -0.710. The highest BCUT2D eigenvalue weighted by molar-refractivity contribution is 7.98. The van der Waals surface area contributed by atoms with Gasteiger partial charge in [0.1, 0.15) is 0 Å². The zero-order chi connectivity index (χ0) is 9.97. The van der Waals surface area contributed by atoms with Gasteiger partial charge in [-0.05, 0) is 19.1 Å². The molecule has 1 aromatic rings. The molecule has 0 aliphatic heterocycles. The maximum absolute atomic E-state index is 11.5. The number of thioether (sulfide) groups is 1. The van der Waals surface area contributed by atoms with E-state index in [1.165, 1.54) is 31.0 Å². The molecule has 1 fully saturated rings. The monoisotopic (exact) mass is 213 g/mol. The van der Waals surface area contributed by atoms with E-state index in [1.54, 1.807) is 0 Å². The standard InChI is InChI=1S/C9H15N3OS/c1-14-9-11-10-8(13)12(9)7-5-3-2-4-6-7/h7H,2-6H2,1H3,(H,10,13). The summed E-state index contributed by atoms with van der Waals surface area (Å²) in [5.41, 5.74) is -0.0544. The first-order valence-electron chi connectivity index (χ1n) is 5.04. The van der Waals surface area contributed by atoms with Gasteiger partial charge in [-0.15, -0.1) is 5.10 Å². The van der Waals surface area contributed by atoms with Crippen LogP contribution in [0.5, 0.6) is 0 Å². The zero-order valence-corrected chi connectivity index (χ0v) is 9.14. The Labute approximate surface area is 87.1 Å². The van der Waals surface area contributed by atoms with E-state index >= 15 is 0 Å². The summed E-state index contributed by atoms with van der Waals surface area (Å²) in [6, 6.07) is 0.373. The van der Waals surface area contributed by atoms with Gasteiger partial charge in [-0.1, -0.05) is 31.0 Å². The van der Waals surface area contributed by atoms with Gasteiger partial charge >= 0.3 is 5.69 Å². The van der Waals surface area contributed by atoms with Crippen LogP contribution < -0.4 is 5.69 Å². The fourth-order valence-electron chi connectivity index (χ4n) is 2.10. The van der Waals surface area contributed by atoms with E-state index in [9.17, 15) is 4.79 Å². The Balaban J connectivity index is 2.28. The normalized spacial score (nSPS) is 18.6. The lowest BCUT2D eigenvalue weighted by atomic mass is 9.95. The molecule has 0 bridgehead atoms. The Morgan fingerprint density at radius 1 is 1.43 bits per heavy atom. The van der Waals surface area contributed by atoms with Crippen LogP contribution in [0.15, 0.2) is 9.95 Å². The Morgan fingerprint density at radius 3 is 2.79 bits per heavy atom. The van der Waals surface area contributed by atoms with Gasteiger partial charge in [0.2, 0.25) is 0 Å². The average Bonchev–Trinajstić information content (AvgIpc) is 2.61. The Bertz CT molecular complexity index is 351. The predicted octanol–water partition coefficient (Wildman–Crippen LogP) is 1.80. The van der Waals surface area contributed by atoms with Crippen LogP contribution in [-0.2, 0) is 0 Å². The molecule has 1 aliphatic carbocycles. The van der Waals surface area contributed by atoms with E-state index in [0.29, 0.717) is 6.04 Å². The largest absolute Gasteiger partial charge is 0.344 e. The molecule has 0 spiro atoms. The van der Waals surface area contributed by atoms with Crippen LogP contribution in [0, 0.1) is 0 Å². The number of nitrogens with zero attached hydrogens (tertiary/aromatic N) is 2. The molecule has 5 heteroatoms. The van der Waals surface area contributed by atoms with Gasteiger partial charge in [0.05, 0.1) is 0 Å². The molecule has 78 valence electrons. The molecule has 2 rings (SSSR count). The van der Waals surface area contributed by atoms with Crippen molar-refractivity contribution in [3.05, 3.63) is 10.5 Å². The van der Waals surface area contributed by atoms with Crippen molar-refractivity contribution in [1.82, 2.24) is 14.8 Å². The van der Waals surface area contributed by atoms with Crippen LogP contribution in [0.1, 0.15) is 38.1 Å². The third-order valence-electron chi connectivity index (χ3n) is 2.79. The Morgan fingerprint density at radius 2 is 2.14 bits per heavy atom. The van der Waals surface area contributed by atoms with E-state index in [1.807, 2.05) is 10.8 Å². The molecule has 0 saturated heterocycles. The molecule has 1 aliphatic rings. The van der Waals surface area contributed by atoms with Gasteiger partial charge in [-0.3, -0.25) is 4.57 Å². The second-order valence-corrected chi connectivity index (χ2v) is 4.45. The molecule has 1 saturated carbocycles. The van der Waals surface area contributed by atoms with Gasteiger partial charge in [-0.25, -0.2) is 9.89 Å². The fourth-order valence-corrected chi connectivity index (χ4v) is 2.66. The number of aromatic nitrogens is 3. The minimum absolute atomic E-state index is 0.0544. The first-order chi connectivity index (χ1) is 6.83. The van der Waals surface area contributed by atoms with Gasteiger partial charge < -0.3 is 0 Å². The summed E-state index contributed by atoms with van der Waals surface area (Å²) in [5.74, 6) is 0. The van der Waals surface area contributed by atoms with Crippen molar-refractivity contribution in [2.24, 2.45) is 0 Å². The van der Waals surface area contributed by atoms with E-state index in [2.05, 4.69) is 10.2 Å². The highest BCUT2D eigenvalue weighted by Crippen LogP contribution is 2.29. The minimum Gasteiger partial charge on any atom is -0.267 e. The lowest BCUT2D eigenvalue weighted by molar-refractivity contribution is 0.330. The summed E-state index contributed by atoms with van der Waals surface area (Å²) >= 11 is 1.53.